The number of nitrogens with zero attached hydrogens (tertiary/aromatic N) is 3. The summed E-state index contributed by atoms with van der Waals surface area (Å²) in [4.78, 5) is 34.2. The third-order valence-electron chi connectivity index (χ3n) is 5.13. The van der Waals surface area contributed by atoms with E-state index in [9.17, 15) is 9.59 Å². The van der Waals surface area contributed by atoms with Gasteiger partial charge in [0.05, 0.1) is 11.1 Å². The lowest BCUT2D eigenvalue weighted by atomic mass is 9.97. The van der Waals surface area contributed by atoms with Gasteiger partial charge in [-0.25, -0.2) is 9.66 Å². The van der Waals surface area contributed by atoms with Crippen molar-refractivity contribution in [2.24, 2.45) is 0 Å². The molecule has 2 heterocycles. The van der Waals surface area contributed by atoms with Crippen molar-refractivity contribution in [2.75, 3.05) is 16.5 Å². The molecule has 0 aliphatic heterocycles. The van der Waals surface area contributed by atoms with Gasteiger partial charge in [0.15, 0.2) is 5.16 Å². The molecule has 6 nitrogen and oxygen atoms in total. The summed E-state index contributed by atoms with van der Waals surface area (Å²) in [5.41, 5.74) is 1.76. The van der Waals surface area contributed by atoms with Gasteiger partial charge >= 0.3 is 0 Å². The molecule has 0 spiro atoms. The molecule has 0 bridgehead atoms. The van der Waals surface area contributed by atoms with Crippen LogP contribution in [0.15, 0.2) is 40.3 Å². The number of anilines is 1. The molecule has 152 valence electrons. The van der Waals surface area contributed by atoms with E-state index in [0.717, 1.165) is 46.4 Å². The highest BCUT2D eigenvalue weighted by Gasteiger charge is 2.23. The van der Waals surface area contributed by atoms with Gasteiger partial charge in [-0.15, -0.1) is 11.3 Å². The van der Waals surface area contributed by atoms with Crippen molar-refractivity contribution in [3.8, 4) is 0 Å². The number of aromatic nitrogens is 2. The van der Waals surface area contributed by atoms with Crippen LogP contribution in [0.5, 0.6) is 0 Å². The molecule has 0 saturated carbocycles. The predicted octanol–water partition coefficient (Wildman–Crippen LogP) is 3.58. The van der Waals surface area contributed by atoms with Crippen molar-refractivity contribution in [1.29, 1.82) is 0 Å². The van der Waals surface area contributed by atoms with E-state index in [1.807, 2.05) is 44.2 Å². The van der Waals surface area contributed by atoms with Crippen LogP contribution in [0.1, 0.15) is 37.1 Å². The Morgan fingerprint density at radius 3 is 2.72 bits per heavy atom. The number of carbonyl (C=O) groups is 1. The largest absolute Gasteiger partial charge is 0.334 e. The van der Waals surface area contributed by atoms with Crippen molar-refractivity contribution in [2.45, 2.75) is 50.7 Å². The fraction of sp³-hybridized carbons (Fsp3) is 0.381. The van der Waals surface area contributed by atoms with Crippen molar-refractivity contribution >= 4 is 44.9 Å². The zero-order valence-corrected chi connectivity index (χ0v) is 18.2. The highest BCUT2D eigenvalue weighted by atomic mass is 32.2. The molecule has 1 aliphatic rings. The van der Waals surface area contributed by atoms with Gasteiger partial charge in [0.1, 0.15) is 4.83 Å². The van der Waals surface area contributed by atoms with Crippen LogP contribution in [-0.4, -0.2) is 27.4 Å². The maximum atomic E-state index is 12.9. The smallest absolute Gasteiger partial charge is 0.281 e. The number of hydrogen-bond acceptors (Lipinski definition) is 6. The summed E-state index contributed by atoms with van der Waals surface area (Å²) >= 11 is 2.80. The Hall–Kier alpha value is -2.32. The normalized spacial score (nSPS) is 13.6. The first-order valence-electron chi connectivity index (χ1n) is 9.79. The topological polar surface area (TPSA) is 81.2 Å². The molecule has 0 unspecified atom stereocenters. The van der Waals surface area contributed by atoms with Crippen molar-refractivity contribution in [3.05, 3.63) is 51.1 Å². The minimum absolute atomic E-state index is 0.0185. The second-order valence-corrected chi connectivity index (χ2v) is 9.47. The monoisotopic (exact) mass is 428 g/mol. The SMILES string of the molecule is CC(C)N(C(=O)CSc1nc2sc3c(c2c(=O)n1N)CCCC3)c1ccccc1. The van der Waals surface area contributed by atoms with E-state index in [-0.39, 0.29) is 23.3 Å². The summed E-state index contributed by atoms with van der Waals surface area (Å²) in [6, 6.07) is 9.61. The summed E-state index contributed by atoms with van der Waals surface area (Å²) in [6.45, 7) is 3.96. The van der Waals surface area contributed by atoms with Crippen LogP contribution in [-0.2, 0) is 17.6 Å². The second kappa shape index (κ2) is 8.20. The summed E-state index contributed by atoms with van der Waals surface area (Å²) in [6.07, 6.45) is 4.16. The molecule has 1 amide bonds. The van der Waals surface area contributed by atoms with Crippen LogP contribution < -0.4 is 16.3 Å². The number of nitrogen functional groups attached to an aromatic ring is 1. The molecule has 0 saturated heterocycles. The maximum Gasteiger partial charge on any atom is 0.281 e. The third-order valence-corrected chi connectivity index (χ3v) is 7.26. The van der Waals surface area contributed by atoms with E-state index in [0.29, 0.717) is 10.5 Å². The second-order valence-electron chi connectivity index (χ2n) is 7.44. The van der Waals surface area contributed by atoms with Crippen LogP contribution in [0, 0.1) is 0 Å². The molecular formula is C21H24N4O2S2. The predicted molar refractivity (Wildman–Crippen MR) is 120 cm³/mol. The lowest BCUT2D eigenvalue weighted by Crippen LogP contribution is -2.38. The molecule has 1 aromatic carbocycles. The molecule has 2 aromatic heterocycles. The molecule has 0 fully saturated rings. The number of thioether (sulfide) groups is 1. The summed E-state index contributed by atoms with van der Waals surface area (Å²) in [5, 5.41) is 1.04. The number of hydrogen-bond donors (Lipinski definition) is 1. The Labute approximate surface area is 177 Å². The van der Waals surface area contributed by atoms with Gasteiger partial charge in [0.25, 0.3) is 5.56 Å². The Balaban J connectivity index is 1.60. The number of fused-ring (bicyclic) bond motifs is 3. The Kier molecular flexibility index (Phi) is 5.65. The van der Waals surface area contributed by atoms with Crippen LogP contribution in [0.2, 0.25) is 0 Å². The molecule has 0 radical (unpaired) electrons. The number of aryl methyl sites for hydroxylation is 2. The zero-order chi connectivity index (χ0) is 20.5. The van der Waals surface area contributed by atoms with Gasteiger partial charge in [0, 0.05) is 16.6 Å². The van der Waals surface area contributed by atoms with E-state index in [1.165, 1.54) is 16.6 Å². The van der Waals surface area contributed by atoms with Crippen LogP contribution in [0.25, 0.3) is 10.2 Å². The molecular weight excluding hydrogens is 404 g/mol. The van der Waals surface area contributed by atoms with Crippen molar-refractivity contribution < 1.29 is 4.79 Å². The van der Waals surface area contributed by atoms with Gasteiger partial charge in [-0.1, -0.05) is 30.0 Å². The first kappa shape index (κ1) is 20.0. The lowest BCUT2D eigenvalue weighted by Gasteiger charge is -2.26. The van der Waals surface area contributed by atoms with Gasteiger partial charge in [-0.05, 0) is 57.2 Å². The zero-order valence-electron chi connectivity index (χ0n) is 16.6. The van der Waals surface area contributed by atoms with Crippen LogP contribution >= 0.6 is 23.1 Å². The van der Waals surface area contributed by atoms with Gasteiger partial charge in [-0.2, -0.15) is 0 Å². The number of amides is 1. The standard InChI is InChI=1S/C21H24N4O2S2/c1-13(2)24(14-8-4-3-5-9-14)17(26)12-28-21-23-19-18(20(27)25(21)22)15-10-6-7-11-16(15)29-19/h3-5,8-9,13H,6-7,10-12,22H2,1-2H3. The van der Waals surface area contributed by atoms with E-state index in [1.54, 1.807) is 16.2 Å². The molecule has 29 heavy (non-hydrogen) atoms. The first-order valence-corrected chi connectivity index (χ1v) is 11.6. The number of nitrogens with two attached hydrogens (primary N) is 1. The Morgan fingerprint density at radius 1 is 1.28 bits per heavy atom. The average molecular weight is 429 g/mol. The number of rotatable bonds is 5. The fourth-order valence-electron chi connectivity index (χ4n) is 3.82. The lowest BCUT2D eigenvalue weighted by molar-refractivity contribution is -0.116. The molecule has 3 aromatic rings. The molecule has 0 atom stereocenters. The van der Waals surface area contributed by atoms with E-state index < -0.39 is 0 Å². The van der Waals surface area contributed by atoms with Crippen molar-refractivity contribution in [3.63, 3.8) is 0 Å². The van der Waals surface area contributed by atoms with Crippen molar-refractivity contribution in [1.82, 2.24) is 9.66 Å². The van der Waals surface area contributed by atoms with E-state index in [4.69, 9.17) is 5.84 Å². The minimum atomic E-state index is -0.215. The minimum Gasteiger partial charge on any atom is -0.334 e. The molecule has 1 aliphatic carbocycles. The highest BCUT2D eigenvalue weighted by molar-refractivity contribution is 7.99. The molecule has 8 heteroatoms. The number of thiophene rings is 1. The number of carbonyl (C=O) groups excluding carboxylic acids is 1. The van der Waals surface area contributed by atoms with Gasteiger partial charge < -0.3 is 10.7 Å². The highest BCUT2D eigenvalue weighted by Crippen LogP contribution is 2.34. The van der Waals surface area contributed by atoms with E-state index >= 15 is 0 Å². The summed E-state index contributed by atoms with van der Waals surface area (Å²) in [5.74, 6) is 6.19. The van der Waals surface area contributed by atoms with Gasteiger partial charge in [-0.3, -0.25) is 9.59 Å². The van der Waals surface area contributed by atoms with Gasteiger partial charge in [0.2, 0.25) is 5.91 Å². The average Bonchev–Trinajstić information content (AvgIpc) is 3.08. The molecule has 2 N–H and O–H groups in total. The third kappa shape index (κ3) is 3.79. The quantitative estimate of drug-likeness (QED) is 0.382. The van der Waals surface area contributed by atoms with Crippen LogP contribution in [0.4, 0.5) is 5.69 Å². The Morgan fingerprint density at radius 2 is 2.00 bits per heavy atom. The first-order chi connectivity index (χ1) is 14.0. The summed E-state index contributed by atoms with van der Waals surface area (Å²) in [7, 11) is 0. The number of benzene rings is 1. The Bertz CT molecular complexity index is 1110. The number of para-hydroxylation sites is 1. The van der Waals surface area contributed by atoms with Crippen LogP contribution in [0.3, 0.4) is 0 Å². The summed E-state index contributed by atoms with van der Waals surface area (Å²) < 4.78 is 1.10. The maximum absolute atomic E-state index is 12.9. The molecule has 4 rings (SSSR count). The van der Waals surface area contributed by atoms with E-state index in [2.05, 4.69) is 4.98 Å². The fourth-order valence-corrected chi connectivity index (χ4v) is 5.89.